The van der Waals surface area contributed by atoms with Gasteiger partial charge in [0.2, 0.25) is 5.91 Å². The second-order valence-electron chi connectivity index (χ2n) is 9.30. The zero-order valence-electron chi connectivity index (χ0n) is 19.4. The second kappa shape index (κ2) is 9.48. The molecule has 1 N–H and O–H groups in total. The number of nitrogens with one attached hydrogen (secondary N) is 1. The van der Waals surface area contributed by atoms with Gasteiger partial charge in [0.05, 0.1) is 12.7 Å². The van der Waals surface area contributed by atoms with E-state index in [1.165, 1.54) is 5.56 Å². The van der Waals surface area contributed by atoms with Gasteiger partial charge in [0.1, 0.15) is 11.6 Å². The van der Waals surface area contributed by atoms with E-state index in [1.807, 2.05) is 12.1 Å². The number of rotatable bonds is 7. The van der Waals surface area contributed by atoms with Crippen LogP contribution in [0.1, 0.15) is 44.7 Å². The van der Waals surface area contributed by atoms with Gasteiger partial charge in [-0.1, -0.05) is 45.0 Å². The summed E-state index contributed by atoms with van der Waals surface area (Å²) in [7, 11) is 0. The van der Waals surface area contributed by atoms with Crippen LogP contribution in [0.5, 0.6) is 5.75 Å². The minimum Gasteiger partial charge on any atom is -0.484 e. The van der Waals surface area contributed by atoms with Crippen molar-refractivity contribution in [3.63, 3.8) is 0 Å². The van der Waals surface area contributed by atoms with Gasteiger partial charge in [-0.25, -0.2) is 4.68 Å². The van der Waals surface area contributed by atoms with Crippen LogP contribution in [0, 0.1) is 0 Å². The van der Waals surface area contributed by atoms with E-state index in [0.717, 1.165) is 24.2 Å². The summed E-state index contributed by atoms with van der Waals surface area (Å²) < 4.78 is 7.37. The quantitative estimate of drug-likeness (QED) is 0.585. The Kier molecular flexibility index (Phi) is 6.49. The SMILES string of the molecule is CC(C)(C)c1ccc(Cn2nccc2NC(=O)COc2ccc(N3CCCC3=O)cc2)cc1. The lowest BCUT2D eigenvalue weighted by molar-refractivity contribution is -0.118. The molecule has 0 radical (unpaired) electrons. The third-order valence-corrected chi connectivity index (χ3v) is 5.73. The van der Waals surface area contributed by atoms with E-state index in [4.69, 9.17) is 4.74 Å². The molecule has 172 valence electrons. The molecule has 1 saturated heterocycles. The highest BCUT2D eigenvalue weighted by Crippen LogP contribution is 2.24. The van der Waals surface area contributed by atoms with Crippen molar-refractivity contribution >= 4 is 23.3 Å². The van der Waals surface area contributed by atoms with Crippen LogP contribution in [0.2, 0.25) is 0 Å². The van der Waals surface area contributed by atoms with Crippen molar-refractivity contribution in [2.45, 2.75) is 45.6 Å². The van der Waals surface area contributed by atoms with Crippen LogP contribution in [-0.4, -0.2) is 34.7 Å². The number of carbonyl (C=O) groups excluding carboxylic acids is 2. The Labute approximate surface area is 194 Å². The predicted molar refractivity (Wildman–Crippen MR) is 129 cm³/mol. The molecule has 7 heteroatoms. The highest BCUT2D eigenvalue weighted by molar-refractivity contribution is 5.95. The molecule has 2 amide bonds. The Hall–Kier alpha value is -3.61. The molecule has 0 unspecified atom stereocenters. The fourth-order valence-electron chi connectivity index (χ4n) is 3.82. The van der Waals surface area contributed by atoms with Crippen molar-refractivity contribution in [1.29, 1.82) is 0 Å². The average Bonchev–Trinajstić information content (AvgIpc) is 3.41. The van der Waals surface area contributed by atoms with Gasteiger partial charge in [-0.2, -0.15) is 5.10 Å². The first-order chi connectivity index (χ1) is 15.8. The molecule has 1 aliphatic heterocycles. The van der Waals surface area contributed by atoms with Gasteiger partial charge in [0.25, 0.3) is 5.91 Å². The summed E-state index contributed by atoms with van der Waals surface area (Å²) in [6.45, 7) is 7.75. The van der Waals surface area contributed by atoms with Crippen molar-refractivity contribution in [2.24, 2.45) is 0 Å². The molecule has 0 spiro atoms. The summed E-state index contributed by atoms with van der Waals surface area (Å²) in [6.07, 6.45) is 3.14. The summed E-state index contributed by atoms with van der Waals surface area (Å²) in [4.78, 5) is 26.1. The molecular weight excluding hydrogens is 416 g/mol. The maximum Gasteiger partial charge on any atom is 0.263 e. The molecular formula is C26H30N4O3. The topological polar surface area (TPSA) is 76.5 Å². The van der Waals surface area contributed by atoms with Crippen LogP contribution in [0.15, 0.2) is 60.8 Å². The normalized spacial score (nSPS) is 13.9. The van der Waals surface area contributed by atoms with E-state index in [0.29, 0.717) is 24.5 Å². The summed E-state index contributed by atoms with van der Waals surface area (Å²) in [6, 6.07) is 17.5. The largest absolute Gasteiger partial charge is 0.484 e. The molecule has 2 aromatic carbocycles. The number of nitrogens with zero attached hydrogens (tertiary/aromatic N) is 3. The van der Waals surface area contributed by atoms with Crippen molar-refractivity contribution < 1.29 is 14.3 Å². The lowest BCUT2D eigenvalue weighted by Gasteiger charge is -2.19. The van der Waals surface area contributed by atoms with E-state index in [1.54, 1.807) is 34.0 Å². The zero-order chi connectivity index (χ0) is 23.4. The minimum absolute atomic E-state index is 0.106. The lowest BCUT2D eigenvalue weighted by Crippen LogP contribution is -2.23. The van der Waals surface area contributed by atoms with Gasteiger partial charge in [0, 0.05) is 24.7 Å². The molecule has 1 fully saturated rings. The smallest absolute Gasteiger partial charge is 0.263 e. The predicted octanol–water partition coefficient (Wildman–Crippen LogP) is 4.37. The third-order valence-electron chi connectivity index (χ3n) is 5.73. The van der Waals surface area contributed by atoms with Crippen LogP contribution < -0.4 is 15.0 Å². The highest BCUT2D eigenvalue weighted by Gasteiger charge is 2.21. The van der Waals surface area contributed by atoms with Gasteiger partial charge in [-0.15, -0.1) is 0 Å². The van der Waals surface area contributed by atoms with E-state index in [2.05, 4.69) is 55.5 Å². The first-order valence-electron chi connectivity index (χ1n) is 11.2. The highest BCUT2D eigenvalue weighted by atomic mass is 16.5. The molecule has 7 nitrogen and oxygen atoms in total. The molecule has 1 aromatic heterocycles. The Morgan fingerprint density at radius 2 is 1.79 bits per heavy atom. The van der Waals surface area contributed by atoms with Crippen molar-refractivity contribution in [2.75, 3.05) is 23.4 Å². The zero-order valence-corrected chi connectivity index (χ0v) is 19.4. The van der Waals surface area contributed by atoms with Gasteiger partial charge in [-0.05, 0) is 47.2 Å². The maximum atomic E-state index is 12.4. The van der Waals surface area contributed by atoms with Gasteiger partial charge in [-0.3, -0.25) is 9.59 Å². The van der Waals surface area contributed by atoms with E-state index < -0.39 is 0 Å². The number of carbonyl (C=O) groups is 2. The molecule has 33 heavy (non-hydrogen) atoms. The Morgan fingerprint density at radius 1 is 1.06 bits per heavy atom. The summed E-state index contributed by atoms with van der Waals surface area (Å²) in [5.74, 6) is 1.07. The molecule has 0 atom stereocenters. The number of anilines is 2. The first kappa shape index (κ1) is 22.6. The van der Waals surface area contributed by atoms with Crippen LogP contribution in [0.4, 0.5) is 11.5 Å². The van der Waals surface area contributed by atoms with Crippen molar-refractivity contribution in [1.82, 2.24) is 9.78 Å². The molecule has 4 rings (SSSR count). The van der Waals surface area contributed by atoms with Crippen LogP contribution in [0.3, 0.4) is 0 Å². The van der Waals surface area contributed by atoms with Gasteiger partial charge in [0.15, 0.2) is 6.61 Å². The standard InChI is InChI=1S/C26H30N4O3/c1-26(2,3)20-8-6-19(7-9-20)17-30-23(14-15-27-30)28-24(31)18-33-22-12-10-21(11-13-22)29-16-4-5-25(29)32/h6-15H,4-5,16-18H2,1-3H3,(H,28,31). The minimum atomic E-state index is -0.265. The Morgan fingerprint density at radius 3 is 2.42 bits per heavy atom. The Bertz CT molecular complexity index is 1110. The van der Waals surface area contributed by atoms with E-state index >= 15 is 0 Å². The molecule has 2 heterocycles. The lowest BCUT2D eigenvalue weighted by atomic mass is 9.87. The van der Waals surface area contributed by atoms with Gasteiger partial charge < -0.3 is 15.0 Å². The fraction of sp³-hybridized carbons (Fsp3) is 0.346. The average molecular weight is 447 g/mol. The number of benzene rings is 2. The second-order valence-corrected chi connectivity index (χ2v) is 9.30. The molecule has 0 aliphatic carbocycles. The summed E-state index contributed by atoms with van der Waals surface area (Å²) in [5, 5.41) is 7.20. The van der Waals surface area contributed by atoms with Gasteiger partial charge >= 0.3 is 0 Å². The third kappa shape index (κ3) is 5.61. The summed E-state index contributed by atoms with van der Waals surface area (Å²) >= 11 is 0. The van der Waals surface area contributed by atoms with Crippen LogP contribution in [-0.2, 0) is 21.5 Å². The van der Waals surface area contributed by atoms with Crippen LogP contribution in [0.25, 0.3) is 0 Å². The Balaban J connectivity index is 1.31. The number of aromatic nitrogens is 2. The van der Waals surface area contributed by atoms with Crippen molar-refractivity contribution in [3.05, 3.63) is 71.9 Å². The molecule has 0 bridgehead atoms. The van der Waals surface area contributed by atoms with E-state index in [-0.39, 0.29) is 23.8 Å². The maximum absolute atomic E-state index is 12.4. The molecule has 0 saturated carbocycles. The fourth-order valence-corrected chi connectivity index (χ4v) is 3.82. The first-order valence-corrected chi connectivity index (χ1v) is 11.2. The number of ether oxygens (including phenoxy) is 1. The number of hydrogen-bond donors (Lipinski definition) is 1. The molecule has 1 aliphatic rings. The number of amides is 2. The summed E-state index contributed by atoms with van der Waals surface area (Å²) in [5.41, 5.74) is 3.34. The number of hydrogen-bond acceptors (Lipinski definition) is 4. The van der Waals surface area contributed by atoms with Crippen molar-refractivity contribution in [3.8, 4) is 5.75 Å². The monoisotopic (exact) mass is 446 g/mol. The van der Waals surface area contributed by atoms with E-state index in [9.17, 15) is 9.59 Å². The molecule has 3 aromatic rings. The van der Waals surface area contributed by atoms with Crippen LogP contribution >= 0.6 is 0 Å².